The minimum absolute atomic E-state index is 0.490. The Kier molecular flexibility index (Phi) is 6.53. The average molecular weight is 391 g/mol. The monoisotopic (exact) mass is 390 g/mol. The van der Waals surface area contributed by atoms with Gasteiger partial charge in [0.2, 0.25) is 0 Å². The van der Waals surface area contributed by atoms with Crippen molar-refractivity contribution in [1.82, 2.24) is 0 Å². The van der Waals surface area contributed by atoms with Crippen molar-refractivity contribution in [2.24, 2.45) is 0 Å². The zero-order valence-electron chi connectivity index (χ0n) is 19.5. The molecule has 156 valence electrons. The zero-order valence-corrected chi connectivity index (χ0v) is 19.5. The van der Waals surface area contributed by atoms with Crippen molar-refractivity contribution in [1.29, 1.82) is 0 Å². The van der Waals surface area contributed by atoms with Crippen LogP contribution in [0.4, 0.5) is 11.4 Å². The summed E-state index contributed by atoms with van der Waals surface area (Å²) in [6.45, 7) is 20.7. The van der Waals surface area contributed by atoms with Crippen molar-refractivity contribution < 1.29 is 4.90 Å². The molecule has 0 bridgehead atoms. The van der Waals surface area contributed by atoms with Crippen molar-refractivity contribution in [3.8, 4) is 0 Å². The molecule has 1 N–H and O–H groups in total. The largest absolute Gasteiger partial charge is 0.442 e. The molecule has 29 heavy (non-hydrogen) atoms. The highest BCUT2D eigenvalue weighted by atomic mass is 15.3. The first kappa shape index (κ1) is 21.6. The third-order valence-corrected chi connectivity index (χ3v) is 5.96. The highest BCUT2D eigenvalue weighted by Crippen LogP contribution is 2.37. The second-order valence-electron chi connectivity index (χ2n) is 9.52. The van der Waals surface area contributed by atoms with Crippen LogP contribution in [0.5, 0.6) is 0 Å². The Labute approximate surface area is 178 Å². The SMILES string of the molecule is CC(C)c1cccc(C(C)C)c1N1C=C[NH+](c2c(C(C)C)cccc2C(C)C)[CH-]1. The van der Waals surface area contributed by atoms with Crippen molar-refractivity contribution in [3.05, 3.63) is 77.7 Å². The fourth-order valence-corrected chi connectivity index (χ4v) is 4.38. The van der Waals surface area contributed by atoms with Gasteiger partial charge in [-0.3, -0.25) is 0 Å². The topological polar surface area (TPSA) is 7.68 Å². The highest BCUT2D eigenvalue weighted by molar-refractivity contribution is 5.65. The number of anilines is 1. The van der Waals surface area contributed by atoms with Crippen molar-refractivity contribution in [3.63, 3.8) is 0 Å². The van der Waals surface area contributed by atoms with Crippen LogP contribution in [-0.4, -0.2) is 0 Å². The van der Waals surface area contributed by atoms with E-state index in [4.69, 9.17) is 0 Å². The number of para-hydroxylation sites is 2. The van der Waals surface area contributed by atoms with E-state index in [1.807, 2.05) is 0 Å². The Hall–Kier alpha value is -2.06. The lowest BCUT2D eigenvalue weighted by Crippen LogP contribution is -2.99. The van der Waals surface area contributed by atoms with E-state index in [1.165, 1.54) is 38.5 Å². The highest BCUT2D eigenvalue weighted by Gasteiger charge is 2.24. The normalized spacial score (nSPS) is 16.8. The van der Waals surface area contributed by atoms with Gasteiger partial charge < -0.3 is 9.80 Å². The van der Waals surface area contributed by atoms with Crippen LogP contribution >= 0.6 is 0 Å². The third-order valence-electron chi connectivity index (χ3n) is 5.96. The summed E-state index contributed by atoms with van der Waals surface area (Å²) in [7, 11) is 0. The molecule has 1 unspecified atom stereocenters. The molecule has 1 heterocycles. The van der Waals surface area contributed by atoms with Crippen LogP contribution in [0.15, 0.2) is 48.8 Å². The van der Waals surface area contributed by atoms with Gasteiger partial charge in [0, 0.05) is 23.0 Å². The van der Waals surface area contributed by atoms with Gasteiger partial charge in [0.05, 0.1) is 6.20 Å². The lowest BCUT2D eigenvalue weighted by molar-refractivity contribution is -0.734. The van der Waals surface area contributed by atoms with E-state index in [2.05, 4.69) is 116 Å². The molecule has 0 saturated heterocycles. The molecule has 1 aliphatic heterocycles. The van der Waals surface area contributed by atoms with Crippen LogP contribution in [0.25, 0.3) is 0 Å². The summed E-state index contributed by atoms with van der Waals surface area (Å²) in [5.74, 6) is 1.98. The molecule has 0 spiro atoms. The first-order valence-corrected chi connectivity index (χ1v) is 11.2. The van der Waals surface area contributed by atoms with Gasteiger partial charge in [-0.05, 0) is 41.5 Å². The summed E-state index contributed by atoms with van der Waals surface area (Å²) in [5, 5.41) is 0. The fraction of sp³-hybridized carbons (Fsp3) is 0.444. The van der Waals surface area contributed by atoms with Crippen molar-refractivity contribution >= 4 is 11.4 Å². The second kappa shape index (κ2) is 8.75. The number of nitrogens with zero attached hydrogens (tertiary/aromatic N) is 1. The molecule has 0 aliphatic carbocycles. The molecule has 1 atom stereocenters. The average Bonchev–Trinajstić information content (AvgIpc) is 3.15. The van der Waals surface area contributed by atoms with Gasteiger partial charge >= 0.3 is 0 Å². The van der Waals surface area contributed by atoms with Crippen LogP contribution < -0.4 is 9.80 Å². The van der Waals surface area contributed by atoms with Gasteiger partial charge in [-0.1, -0.05) is 91.8 Å². The maximum absolute atomic E-state index is 2.36. The van der Waals surface area contributed by atoms with Crippen LogP contribution in [0.1, 0.15) is 101 Å². The molecular formula is C27H38N2. The first-order chi connectivity index (χ1) is 13.7. The molecule has 2 aromatic rings. The summed E-state index contributed by atoms with van der Waals surface area (Å²) >= 11 is 0. The molecule has 2 nitrogen and oxygen atoms in total. The predicted molar refractivity (Wildman–Crippen MR) is 126 cm³/mol. The summed E-state index contributed by atoms with van der Waals surface area (Å²) in [6, 6.07) is 13.6. The van der Waals surface area contributed by atoms with Gasteiger partial charge in [0.15, 0.2) is 0 Å². The molecule has 0 aromatic heterocycles. The smallest absolute Gasteiger partial charge is 0.117 e. The maximum Gasteiger partial charge on any atom is 0.117 e. The standard InChI is InChI=1S/C27H38N2/c1-18(2)22-11-9-12-23(19(3)4)26(22)28-15-16-29(17-28)27-24(20(5)6)13-10-14-25(27)21(7)8/h9-21,28H,1-8H3. The van der Waals surface area contributed by atoms with E-state index in [-0.39, 0.29) is 0 Å². The lowest BCUT2D eigenvalue weighted by Gasteiger charge is -2.34. The Morgan fingerprint density at radius 2 is 1.07 bits per heavy atom. The Bertz CT molecular complexity index is 750. The van der Waals surface area contributed by atoms with Gasteiger partial charge in [-0.15, -0.1) is 0 Å². The van der Waals surface area contributed by atoms with E-state index in [1.54, 1.807) is 0 Å². The Balaban J connectivity index is 2.05. The summed E-state index contributed by atoms with van der Waals surface area (Å²) < 4.78 is 0. The van der Waals surface area contributed by atoms with Gasteiger partial charge in [0.1, 0.15) is 5.69 Å². The second-order valence-corrected chi connectivity index (χ2v) is 9.52. The molecule has 0 fully saturated rings. The number of rotatable bonds is 6. The van der Waals surface area contributed by atoms with Crippen LogP contribution in [-0.2, 0) is 0 Å². The molecule has 0 amide bonds. The molecule has 0 radical (unpaired) electrons. The number of benzene rings is 2. The van der Waals surface area contributed by atoms with Crippen LogP contribution in [0.3, 0.4) is 0 Å². The van der Waals surface area contributed by atoms with Crippen molar-refractivity contribution in [2.45, 2.75) is 79.1 Å². The number of quaternary nitrogens is 1. The third kappa shape index (κ3) is 4.28. The predicted octanol–water partition coefficient (Wildman–Crippen LogP) is 6.81. The zero-order chi connectivity index (χ0) is 21.3. The molecule has 0 saturated carbocycles. The minimum Gasteiger partial charge on any atom is -0.442 e. The lowest BCUT2D eigenvalue weighted by atomic mass is 9.91. The summed E-state index contributed by atoms with van der Waals surface area (Å²) in [6.07, 6.45) is 4.55. The van der Waals surface area contributed by atoms with Crippen molar-refractivity contribution in [2.75, 3.05) is 4.90 Å². The van der Waals surface area contributed by atoms with Gasteiger partial charge in [-0.25, -0.2) is 0 Å². The van der Waals surface area contributed by atoms with Crippen LogP contribution in [0, 0.1) is 6.67 Å². The van der Waals surface area contributed by atoms with E-state index in [9.17, 15) is 0 Å². The number of nitrogens with one attached hydrogen (secondary N) is 1. The Morgan fingerprint density at radius 1 is 0.655 bits per heavy atom. The Morgan fingerprint density at radius 3 is 1.48 bits per heavy atom. The first-order valence-electron chi connectivity index (χ1n) is 11.2. The quantitative estimate of drug-likeness (QED) is 0.532. The molecule has 3 rings (SSSR count). The van der Waals surface area contributed by atoms with Gasteiger partial charge in [0.25, 0.3) is 0 Å². The molecule has 2 heteroatoms. The summed E-state index contributed by atoms with van der Waals surface area (Å²) in [4.78, 5) is 3.69. The molecule has 1 aliphatic rings. The van der Waals surface area contributed by atoms with Crippen LogP contribution in [0.2, 0.25) is 0 Å². The van der Waals surface area contributed by atoms with Gasteiger partial charge in [-0.2, -0.15) is 0 Å². The fourth-order valence-electron chi connectivity index (χ4n) is 4.38. The minimum atomic E-state index is 0.490. The maximum atomic E-state index is 2.36. The number of hydrogen-bond donors (Lipinski definition) is 1. The molecular weight excluding hydrogens is 352 g/mol. The number of hydrogen-bond acceptors (Lipinski definition) is 1. The molecule has 2 aromatic carbocycles. The van der Waals surface area contributed by atoms with E-state index < -0.39 is 0 Å². The van der Waals surface area contributed by atoms with E-state index in [0.29, 0.717) is 23.7 Å². The van der Waals surface area contributed by atoms with E-state index in [0.717, 1.165) is 0 Å². The van der Waals surface area contributed by atoms with E-state index >= 15 is 0 Å². The summed E-state index contributed by atoms with van der Waals surface area (Å²) in [5.41, 5.74) is 8.49.